The van der Waals surface area contributed by atoms with E-state index in [9.17, 15) is 9.59 Å². The van der Waals surface area contributed by atoms with Crippen molar-refractivity contribution in [2.45, 2.75) is 26.5 Å². The third kappa shape index (κ3) is 8.21. The van der Waals surface area contributed by atoms with Gasteiger partial charge < -0.3 is 14.8 Å². The lowest BCUT2D eigenvalue weighted by atomic mass is 10.0. The molecule has 10 heteroatoms. The van der Waals surface area contributed by atoms with Crippen molar-refractivity contribution < 1.29 is 19.1 Å². The minimum absolute atomic E-state index is 0.175. The zero-order valence-electron chi connectivity index (χ0n) is 20.4. The van der Waals surface area contributed by atoms with Crippen molar-refractivity contribution in [3.8, 4) is 11.5 Å². The van der Waals surface area contributed by atoms with E-state index in [1.54, 1.807) is 61.7 Å². The van der Waals surface area contributed by atoms with Crippen molar-refractivity contribution >= 4 is 57.2 Å². The zero-order valence-corrected chi connectivity index (χ0v) is 23.5. The molecule has 0 saturated carbocycles. The summed E-state index contributed by atoms with van der Waals surface area (Å²) < 4.78 is 11.9. The number of carbonyl (C=O) groups excluding carboxylic acids is 2. The summed E-state index contributed by atoms with van der Waals surface area (Å²) in [6, 6.07) is 16.4. The van der Waals surface area contributed by atoms with Crippen LogP contribution >= 0.6 is 39.1 Å². The molecular formula is C27H26BrCl2N3O4. The molecule has 0 aliphatic carbocycles. The molecule has 0 bridgehead atoms. The number of nitrogens with one attached hydrogen (secondary N) is 2. The van der Waals surface area contributed by atoms with Gasteiger partial charge in [-0.2, -0.15) is 5.10 Å². The van der Waals surface area contributed by atoms with Crippen LogP contribution in [0.15, 0.2) is 70.2 Å². The van der Waals surface area contributed by atoms with Crippen molar-refractivity contribution in [2.24, 2.45) is 11.0 Å². The average molecular weight is 607 g/mol. The van der Waals surface area contributed by atoms with E-state index >= 15 is 0 Å². The van der Waals surface area contributed by atoms with Crippen molar-refractivity contribution in [1.82, 2.24) is 10.7 Å². The molecule has 0 radical (unpaired) electrons. The highest BCUT2D eigenvalue weighted by molar-refractivity contribution is 9.10. The third-order valence-corrected chi connectivity index (χ3v) is 6.42. The Hall–Kier alpha value is -3.07. The van der Waals surface area contributed by atoms with E-state index < -0.39 is 11.9 Å². The fourth-order valence-electron chi connectivity index (χ4n) is 3.28. The van der Waals surface area contributed by atoms with E-state index in [0.29, 0.717) is 32.7 Å². The first kappa shape index (κ1) is 28.5. The van der Waals surface area contributed by atoms with Gasteiger partial charge in [-0.05, 0) is 60.5 Å². The fourth-order valence-corrected chi connectivity index (χ4v) is 4.12. The summed E-state index contributed by atoms with van der Waals surface area (Å²) in [4.78, 5) is 25.5. The highest BCUT2D eigenvalue weighted by Crippen LogP contribution is 2.26. The number of rotatable bonds is 10. The lowest BCUT2D eigenvalue weighted by Gasteiger charge is -2.20. The number of benzene rings is 3. The van der Waals surface area contributed by atoms with Crippen LogP contribution in [-0.2, 0) is 11.4 Å². The van der Waals surface area contributed by atoms with E-state index in [1.165, 1.54) is 6.21 Å². The second-order valence-electron chi connectivity index (χ2n) is 8.36. The fraction of sp³-hybridized carbons (Fsp3) is 0.222. The molecule has 0 fully saturated rings. The van der Waals surface area contributed by atoms with E-state index in [2.05, 4.69) is 31.8 Å². The van der Waals surface area contributed by atoms with Gasteiger partial charge in [0.25, 0.3) is 11.8 Å². The Balaban J connectivity index is 1.66. The first-order valence-electron chi connectivity index (χ1n) is 11.3. The second-order valence-corrected chi connectivity index (χ2v) is 10.1. The van der Waals surface area contributed by atoms with Crippen molar-refractivity contribution in [3.63, 3.8) is 0 Å². The average Bonchev–Trinajstić information content (AvgIpc) is 2.87. The number of methoxy groups -OCH3 is 1. The third-order valence-electron chi connectivity index (χ3n) is 5.34. The van der Waals surface area contributed by atoms with Crippen LogP contribution in [0.2, 0.25) is 10.0 Å². The van der Waals surface area contributed by atoms with Crippen molar-refractivity contribution in [3.05, 3.63) is 91.9 Å². The number of hydrogen-bond acceptors (Lipinski definition) is 5. The highest BCUT2D eigenvalue weighted by Gasteiger charge is 2.24. The molecule has 0 heterocycles. The molecule has 0 aromatic heterocycles. The van der Waals surface area contributed by atoms with Crippen LogP contribution in [0.3, 0.4) is 0 Å². The minimum Gasteiger partial charge on any atom is -0.497 e. The lowest BCUT2D eigenvalue weighted by Crippen LogP contribution is -2.48. The highest BCUT2D eigenvalue weighted by atomic mass is 79.9. The molecule has 0 aliphatic rings. The predicted molar refractivity (Wildman–Crippen MR) is 150 cm³/mol. The van der Waals surface area contributed by atoms with Gasteiger partial charge in [-0.3, -0.25) is 9.59 Å². The maximum atomic E-state index is 12.8. The Morgan fingerprint density at radius 2 is 1.78 bits per heavy atom. The SMILES string of the molecule is COc1ccc(C(=O)NC(C(=O)NN=Cc2cc(Br)ccc2OCc2ccc(Cl)cc2Cl)C(C)C)cc1. The maximum absolute atomic E-state index is 12.8. The monoisotopic (exact) mass is 605 g/mol. The molecule has 1 unspecified atom stereocenters. The van der Waals surface area contributed by atoms with E-state index in [4.69, 9.17) is 32.7 Å². The van der Waals surface area contributed by atoms with Gasteiger partial charge >= 0.3 is 0 Å². The standard InChI is InChI=1S/C27H26BrCl2N3O4/c1-16(2)25(32-26(34)17-5-9-22(36-3)10-6-17)27(35)33-31-14-19-12-20(28)7-11-24(19)37-15-18-4-8-21(29)13-23(18)30/h4-14,16,25H,15H2,1-3H3,(H,32,34)(H,33,35). The predicted octanol–water partition coefficient (Wildman–Crippen LogP) is 6.25. The van der Waals surface area contributed by atoms with E-state index in [0.717, 1.165) is 10.0 Å². The first-order chi connectivity index (χ1) is 17.7. The normalized spacial score (nSPS) is 11.9. The van der Waals surface area contributed by atoms with E-state index in [-0.39, 0.29) is 18.4 Å². The molecule has 0 saturated heterocycles. The van der Waals surface area contributed by atoms with E-state index in [1.807, 2.05) is 19.9 Å². The van der Waals surface area contributed by atoms with Crippen LogP contribution in [-0.4, -0.2) is 31.2 Å². The largest absolute Gasteiger partial charge is 0.497 e. The summed E-state index contributed by atoms with van der Waals surface area (Å²) in [6.45, 7) is 3.90. The van der Waals surface area contributed by atoms with Crippen LogP contribution in [0.5, 0.6) is 11.5 Å². The molecule has 7 nitrogen and oxygen atoms in total. The van der Waals surface area contributed by atoms with Crippen molar-refractivity contribution in [1.29, 1.82) is 0 Å². The molecule has 2 N–H and O–H groups in total. The van der Waals surface area contributed by atoms with Crippen LogP contribution in [0.1, 0.15) is 35.3 Å². The molecule has 0 spiro atoms. The molecule has 37 heavy (non-hydrogen) atoms. The van der Waals surface area contributed by atoms with Crippen LogP contribution in [0.4, 0.5) is 0 Å². The summed E-state index contributed by atoms with van der Waals surface area (Å²) in [5, 5.41) is 7.91. The Kier molecular flexibility index (Phi) is 10.4. The summed E-state index contributed by atoms with van der Waals surface area (Å²) in [7, 11) is 1.55. The van der Waals surface area contributed by atoms with Gasteiger partial charge in [0.2, 0.25) is 0 Å². The van der Waals surface area contributed by atoms with Gasteiger partial charge in [0.05, 0.1) is 13.3 Å². The summed E-state index contributed by atoms with van der Waals surface area (Å²) in [5.74, 6) is 0.186. The zero-order chi connectivity index (χ0) is 26.9. The molecule has 194 valence electrons. The molecule has 1 atom stereocenters. The van der Waals surface area contributed by atoms with Crippen LogP contribution in [0.25, 0.3) is 0 Å². The number of halogens is 3. The van der Waals surface area contributed by atoms with Gasteiger partial charge in [0, 0.05) is 31.2 Å². The van der Waals surface area contributed by atoms with Gasteiger partial charge in [-0.15, -0.1) is 0 Å². The topological polar surface area (TPSA) is 89.0 Å². The number of ether oxygens (including phenoxy) is 2. The summed E-state index contributed by atoms with van der Waals surface area (Å²) >= 11 is 15.6. The van der Waals surface area contributed by atoms with Gasteiger partial charge in [0.1, 0.15) is 24.1 Å². The minimum atomic E-state index is -0.794. The Labute approximate surface area is 234 Å². The Morgan fingerprint density at radius 3 is 2.43 bits per heavy atom. The number of hydrazone groups is 1. The van der Waals surface area contributed by atoms with Gasteiger partial charge in [-0.25, -0.2) is 5.43 Å². The van der Waals surface area contributed by atoms with Gasteiger partial charge in [0.15, 0.2) is 0 Å². The van der Waals surface area contributed by atoms with Crippen LogP contribution < -0.4 is 20.2 Å². The number of hydrogen-bond donors (Lipinski definition) is 2. The Bertz CT molecular complexity index is 1280. The van der Waals surface area contributed by atoms with Crippen LogP contribution in [0, 0.1) is 5.92 Å². The smallest absolute Gasteiger partial charge is 0.262 e. The quantitative estimate of drug-likeness (QED) is 0.211. The second kappa shape index (κ2) is 13.5. The molecule has 3 rings (SSSR count). The van der Waals surface area contributed by atoms with Gasteiger partial charge in [-0.1, -0.05) is 59.0 Å². The van der Waals surface area contributed by atoms with Crippen molar-refractivity contribution in [2.75, 3.05) is 7.11 Å². The molecule has 2 amide bonds. The number of carbonyl (C=O) groups is 2. The molecular weight excluding hydrogens is 581 g/mol. The maximum Gasteiger partial charge on any atom is 0.262 e. The first-order valence-corrected chi connectivity index (χ1v) is 12.9. The molecule has 0 aliphatic heterocycles. The number of nitrogens with zero attached hydrogens (tertiary/aromatic N) is 1. The summed E-state index contributed by atoms with van der Waals surface area (Å²) in [6.07, 6.45) is 1.48. The molecule has 3 aromatic carbocycles. The summed E-state index contributed by atoms with van der Waals surface area (Å²) in [5.41, 5.74) is 4.33. The lowest BCUT2D eigenvalue weighted by molar-refractivity contribution is -0.123. The number of amides is 2. The molecule has 3 aromatic rings. The Morgan fingerprint density at radius 1 is 1.05 bits per heavy atom.